The molecule has 0 aliphatic carbocycles. The predicted molar refractivity (Wildman–Crippen MR) is 60.2 cm³/mol. The van der Waals surface area contributed by atoms with Crippen LogP contribution in [0.3, 0.4) is 0 Å². The van der Waals surface area contributed by atoms with Crippen LogP contribution < -0.4 is 5.73 Å². The molecule has 0 aliphatic rings. The van der Waals surface area contributed by atoms with Gasteiger partial charge in [0.15, 0.2) is 5.82 Å². The van der Waals surface area contributed by atoms with Gasteiger partial charge in [0.2, 0.25) is 5.95 Å². The number of nitrogen functional groups attached to an aromatic ring is 1. The summed E-state index contributed by atoms with van der Waals surface area (Å²) in [5.74, 6) is 0.483. The molecule has 1 aromatic heterocycles. The molecule has 0 atom stereocenters. The molecule has 0 unspecified atom stereocenters. The van der Waals surface area contributed by atoms with Crippen molar-refractivity contribution in [1.82, 2.24) is 14.8 Å². The molecule has 0 amide bonds. The molecule has 0 saturated carbocycles. The largest absolute Gasteiger partial charge is 0.368 e. The lowest BCUT2D eigenvalue weighted by Gasteiger charge is -2.04. The van der Waals surface area contributed by atoms with Crippen LogP contribution in [0.4, 0.5) is 10.3 Å². The summed E-state index contributed by atoms with van der Waals surface area (Å²) in [6.07, 6.45) is 0. The summed E-state index contributed by atoms with van der Waals surface area (Å²) in [5.41, 5.74) is 6.34. The maximum Gasteiger partial charge on any atom is 0.219 e. The van der Waals surface area contributed by atoms with Gasteiger partial charge in [-0.05, 0) is 26.0 Å². The van der Waals surface area contributed by atoms with Crippen molar-refractivity contribution in [2.75, 3.05) is 5.73 Å². The average Bonchev–Trinajstić information content (AvgIpc) is 2.60. The molecule has 2 aromatic rings. The Morgan fingerprint density at radius 3 is 2.69 bits per heavy atom. The number of aromatic nitrogens is 3. The molecular weight excluding hydrogens is 207 g/mol. The molecule has 4 nitrogen and oxygen atoms in total. The van der Waals surface area contributed by atoms with Crippen molar-refractivity contribution in [2.24, 2.45) is 0 Å². The first-order valence-corrected chi connectivity index (χ1v) is 5.06. The fourth-order valence-electron chi connectivity index (χ4n) is 1.47. The van der Waals surface area contributed by atoms with E-state index in [9.17, 15) is 4.39 Å². The molecule has 0 saturated heterocycles. The lowest BCUT2D eigenvalue weighted by Crippen LogP contribution is -2.07. The molecule has 0 bridgehead atoms. The first-order valence-electron chi connectivity index (χ1n) is 5.06. The van der Waals surface area contributed by atoms with Crippen LogP contribution in [-0.4, -0.2) is 14.8 Å². The SMILES string of the molecule is CC(C)n1nc(-c2cccc(F)c2)nc1N. The zero-order valence-corrected chi connectivity index (χ0v) is 9.18. The van der Waals surface area contributed by atoms with Crippen LogP contribution in [0.15, 0.2) is 24.3 Å². The van der Waals surface area contributed by atoms with Gasteiger partial charge < -0.3 is 5.73 Å². The molecule has 16 heavy (non-hydrogen) atoms. The van der Waals surface area contributed by atoms with Crippen LogP contribution in [0.1, 0.15) is 19.9 Å². The van der Waals surface area contributed by atoms with E-state index >= 15 is 0 Å². The molecule has 0 spiro atoms. The highest BCUT2D eigenvalue weighted by atomic mass is 19.1. The molecule has 0 aliphatic heterocycles. The summed E-state index contributed by atoms with van der Waals surface area (Å²) in [6.45, 7) is 3.92. The number of benzene rings is 1. The van der Waals surface area contributed by atoms with Crippen LogP contribution in [-0.2, 0) is 0 Å². The molecule has 5 heteroatoms. The zero-order valence-electron chi connectivity index (χ0n) is 9.18. The summed E-state index contributed by atoms with van der Waals surface area (Å²) in [7, 11) is 0. The molecule has 1 aromatic carbocycles. The van der Waals surface area contributed by atoms with Gasteiger partial charge in [0.1, 0.15) is 5.82 Å². The van der Waals surface area contributed by atoms with Gasteiger partial charge in [0.05, 0.1) is 6.04 Å². The lowest BCUT2D eigenvalue weighted by atomic mass is 10.2. The third-order valence-electron chi connectivity index (χ3n) is 2.23. The van der Waals surface area contributed by atoms with Gasteiger partial charge in [-0.2, -0.15) is 4.98 Å². The van der Waals surface area contributed by atoms with Crippen LogP contribution in [0.25, 0.3) is 11.4 Å². The Labute approximate surface area is 92.9 Å². The lowest BCUT2D eigenvalue weighted by molar-refractivity contribution is 0.541. The number of hydrogen-bond donors (Lipinski definition) is 1. The highest BCUT2D eigenvalue weighted by molar-refractivity contribution is 5.55. The van der Waals surface area contributed by atoms with Crippen molar-refractivity contribution in [3.63, 3.8) is 0 Å². The molecule has 0 radical (unpaired) electrons. The van der Waals surface area contributed by atoms with Gasteiger partial charge in [0, 0.05) is 5.56 Å². The molecular formula is C11H13FN4. The summed E-state index contributed by atoms with van der Waals surface area (Å²) in [6, 6.07) is 6.28. The minimum Gasteiger partial charge on any atom is -0.368 e. The smallest absolute Gasteiger partial charge is 0.219 e. The van der Waals surface area contributed by atoms with Crippen LogP contribution in [0.5, 0.6) is 0 Å². The summed E-state index contributed by atoms with van der Waals surface area (Å²) >= 11 is 0. The van der Waals surface area contributed by atoms with Crippen molar-refractivity contribution in [2.45, 2.75) is 19.9 Å². The van der Waals surface area contributed by atoms with E-state index < -0.39 is 0 Å². The maximum atomic E-state index is 13.0. The Bertz CT molecular complexity index is 504. The second kappa shape index (κ2) is 3.92. The highest BCUT2D eigenvalue weighted by Gasteiger charge is 2.11. The molecule has 2 rings (SSSR count). The second-order valence-corrected chi connectivity index (χ2v) is 3.84. The van der Waals surface area contributed by atoms with Gasteiger partial charge in [0.25, 0.3) is 0 Å². The number of nitrogens with two attached hydrogens (primary N) is 1. The second-order valence-electron chi connectivity index (χ2n) is 3.84. The van der Waals surface area contributed by atoms with E-state index in [0.29, 0.717) is 17.3 Å². The summed E-state index contributed by atoms with van der Waals surface area (Å²) < 4.78 is 14.6. The molecule has 1 heterocycles. The highest BCUT2D eigenvalue weighted by Crippen LogP contribution is 2.19. The van der Waals surface area contributed by atoms with E-state index in [0.717, 1.165) is 0 Å². The summed E-state index contributed by atoms with van der Waals surface area (Å²) in [4.78, 5) is 4.11. The van der Waals surface area contributed by atoms with Crippen molar-refractivity contribution >= 4 is 5.95 Å². The quantitative estimate of drug-likeness (QED) is 0.844. The third kappa shape index (κ3) is 1.88. The zero-order chi connectivity index (χ0) is 11.7. The Morgan fingerprint density at radius 1 is 1.38 bits per heavy atom. The molecule has 84 valence electrons. The minimum atomic E-state index is -0.308. The summed E-state index contributed by atoms with van der Waals surface area (Å²) in [5, 5.41) is 4.23. The van der Waals surface area contributed by atoms with Crippen LogP contribution in [0, 0.1) is 5.82 Å². The minimum absolute atomic E-state index is 0.134. The van der Waals surface area contributed by atoms with E-state index in [2.05, 4.69) is 10.1 Å². The van der Waals surface area contributed by atoms with Crippen LogP contribution in [0.2, 0.25) is 0 Å². The number of anilines is 1. The number of nitrogens with zero attached hydrogens (tertiary/aromatic N) is 3. The predicted octanol–water partition coefficient (Wildman–Crippen LogP) is 2.25. The number of halogens is 1. The fourth-order valence-corrected chi connectivity index (χ4v) is 1.47. The maximum absolute atomic E-state index is 13.0. The monoisotopic (exact) mass is 220 g/mol. The van der Waals surface area contributed by atoms with Crippen molar-refractivity contribution in [1.29, 1.82) is 0 Å². The Morgan fingerprint density at radius 2 is 2.12 bits per heavy atom. The van der Waals surface area contributed by atoms with Gasteiger partial charge in [-0.25, -0.2) is 9.07 Å². The fraction of sp³-hybridized carbons (Fsp3) is 0.273. The van der Waals surface area contributed by atoms with Crippen molar-refractivity contribution < 1.29 is 4.39 Å². The number of rotatable bonds is 2. The van der Waals surface area contributed by atoms with E-state index in [1.807, 2.05) is 13.8 Å². The Kier molecular flexibility index (Phi) is 2.60. The van der Waals surface area contributed by atoms with Gasteiger partial charge in [-0.1, -0.05) is 12.1 Å². The number of hydrogen-bond acceptors (Lipinski definition) is 3. The molecule has 2 N–H and O–H groups in total. The Hall–Kier alpha value is -1.91. The van der Waals surface area contributed by atoms with E-state index in [4.69, 9.17) is 5.73 Å². The molecule has 0 fully saturated rings. The average molecular weight is 220 g/mol. The standard InChI is InChI=1S/C11H13FN4/c1-7(2)16-11(13)14-10(15-16)8-4-3-5-9(12)6-8/h3-7H,1-2H3,(H2,13,14,15). The first-order chi connectivity index (χ1) is 7.58. The topological polar surface area (TPSA) is 56.7 Å². The van der Waals surface area contributed by atoms with Crippen molar-refractivity contribution in [3.8, 4) is 11.4 Å². The van der Waals surface area contributed by atoms with Crippen molar-refractivity contribution in [3.05, 3.63) is 30.1 Å². The van der Waals surface area contributed by atoms with Crippen LogP contribution >= 0.6 is 0 Å². The van der Waals surface area contributed by atoms with Gasteiger partial charge in [-0.15, -0.1) is 5.10 Å². The third-order valence-corrected chi connectivity index (χ3v) is 2.23. The van der Waals surface area contributed by atoms with E-state index in [1.54, 1.807) is 16.8 Å². The first kappa shape index (κ1) is 10.6. The van der Waals surface area contributed by atoms with E-state index in [-0.39, 0.29) is 11.9 Å². The normalized spacial score (nSPS) is 11.0. The Balaban J connectivity index is 2.45. The van der Waals surface area contributed by atoms with E-state index in [1.165, 1.54) is 12.1 Å². The van der Waals surface area contributed by atoms with Gasteiger partial charge >= 0.3 is 0 Å². The van der Waals surface area contributed by atoms with Gasteiger partial charge in [-0.3, -0.25) is 0 Å².